The van der Waals surface area contributed by atoms with Crippen LogP contribution in [0.3, 0.4) is 0 Å². The van der Waals surface area contributed by atoms with Crippen LogP contribution in [0, 0.1) is 0 Å². The van der Waals surface area contributed by atoms with E-state index in [1.54, 1.807) is 97.9 Å². The normalized spacial score (nSPS) is 17.4. The molecule has 1 aliphatic rings. The van der Waals surface area contributed by atoms with Gasteiger partial charge in [-0.2, -0.15) is 0 Å². The van der Waals surface area contributed by atoms with Crippen molar-refractivity contribution in [2.75, 3.05) is 20.3 Å². The van der Waals surface area contributed by atoms with Gasteiger partial charge < -0.3 is 4.74 Å². The largest absolute Gasteiger partial charge is 0.465 e. The molecule has 12 heteroatoms. The number of ether oxygens (including phenoxy) is 5. The van der Waals surface area contributed by atoms with E-state index in [1.807, 2.05) is 37.3 Å². The predicted octanol–water partition coefficient (Wildman–Crippen LogP) is 6.89. The predicted molar refractivity (Wildman–Crippen MR) is 200 cm³/mol. The molecule has 1 aliphatic heterocycles. The molecule has 0 saturated heterocycles. The molecule has 11 nitrogen and oxygen atoms in total. The van der Waals surface area contributed by atoms with Gasteiger partial charge >= 0.3 is 255 Å². The first-order valence-corrected chi connectivity index (χ1v) is 18.9. The molecule has 0 aliphatic carbocycles. The van der Waals surface area contributed by atoms with E-state index in [-0.39, 0.29) is 45.7 Å². The molecule has 0 bridgehead atoms. The number of carbonyl (C=O) groups is 5. The van der Waals surface area contributed by atoms with E-state index in [0.29, 0.717) is 10.9 Å². The average Bonchev–Trinajstić information content (AvgIpc) is 3.35. The van der Waals surface area contributed by atoms with Gasteiger partial charge in [-0.25, -0.2) is 4.79 Å². The molecule has 0 N–H and O–H groups in total. The smallest absolute Gasteiger partial charge is 0.337 e. The van der Waals surface area contributed by atoms with E-state index >= 15 is 0 Å². The summed E-state index contributed by atoms with van der Waals surface area (Å²) in [7, 11) is 1.32. The standard InChI is InChI=1S/C40H51NO10Se/c1-11-30(35(44)47-10)26-28(2)18-14-12-15-19-29(3)33(42)32-27-40(22-23-48-37(46)51-39(7,8)9,41(34(32)43)36(45)50-38(4,5)6)49-24-25-52-31-20-16-13-17-21-31/h11-21,26-27H,22-25H2,1-10H3/b15-12+,18-14+,28-26+,29-19+,30-11+/t40-/m0/s1. The van der Waals surface area contributed by atoms with Crippen LogP contribution in [0.25, 0.3) is 0 Å². The van der Waals surface area contributed by atoms with Crippen molar-refractivity contribution in [2.45, 2.75) is 91.0 Å². The number of benzene rings is 1. The van der Waals surface area contributed by atoms with Gasteiger partial charge in [-0.05, 0) is 19.9 Å². The van der Waals surface area contributed by atoms with Crippen molar-refractivity contribution in [3.8, 4) is 0 Å². The minimum atomic E-state index is -1.79. The molecule has 1 atom stereocenters. The Hall–Kier alpha value is -4.51. The van der Waals surface area contributed by atoms with Gasteiger partial charge in [-0.1, -0.05) is 17.7 Å². The number of rotatable bonds is 15. The van der Waals surface area contributed by atoms with E-state index in [9.17, 15) is 24.0 Å². The van der Waals surface area contributed by atoms with Crippen LogP contribution >= 0.6 is 0 Å². The van der Waals surface area contributed by atoms with E-state index in [2.05, 4.69) is 0 Å². The number of hydrogen-bond donors (Lipinski definition) is 0. The van der Waals surface area contributed by atoms with Crippen molar-refractivity contribution in [1.29, 1.82) is 0 Å². The van der Waals surface area contributed by atoms with Gasteiger partial charge in [0.25, 0.3) is 0 Å². The Morgan fingerprint density at radius 3 is 2.15 bits per heavy atom. The number of imide groups is 1. The maximum atomic E-state index is 14.0. The maximum absolute atomic E-state index is 14.0. The molecule has 2 rings (SSSR count). The van der Waals surface area contributed by atoms with Gasteiger partial charge in [0, 0.05) is 0 Å². The molecule has 282 valence electrons. The molecule has 1 heterocycles. The Morgan fingerprint density at radius 2 is 1.56 bits per heavy atom. The number of ketones is 1. The van der Waals surface area contributed by atoms with Gasteiger partial charge in [0.05, 0.1) is 12.7 Å². The first-order chi connectivity index (χ1) is 24.3. The van der Waals surface area contributed by atoms with Crippen LogP contribution in [-0.2, 0) is 38.1 Å². The van der Waals surface area contributed by atoms with Crippen molar-refractivity contribution in [2.24, 2.45) is 0 Å². The number of amides is 2. The number of esters is 1. The zero-order valence-electron chi connectivity index (χ0n) is 31.8. The number of carbonyl (C=O) groups excluding carboxylic acids is 5. The maximum Gasteiger partial charge on any atom is 0.337 e. The Kier molecular flexibility index (Phi) is 16.7. The third kappa shape index (κ3) is 14.2. The summed E-state index contributed by atoms with van der Waals surface area (Å²) in [4.78, 5) is 66.5. The summed E-state index contributed by atoms with van der Waals surface area (Å²) in [5, 5.41) is 0.587. The van der Waals surface area contributed by atoms with Crippen LogP contribution in [0.5, 0.6) is 0 Å². The minimum Gasteiger partial charge on any atom is -0.465 e. The fourth-order valence-electron chi connectivity index (χ4n) is 4.60. The Labute approximate surface area is 313 Å². The number of nitrogens with zero attached hydrogens (tertiary/aromatic N) is 1. The molecule has 0 unspecified atom stereocenters. The van der Waals surface area contributed by atoms with Crippen LogP contribution in [0.4, 0.5) is 9.59 Å². The number of allylic oxidation sites excluding steroid dienone is 8. The first kappa shape index (κ1) is 43.7. The Bertz CT molecular complexity index is 1640. The van der Waals surface area contributed by atoms with Crippen LogP contribution < -0.4 is 4.46 Å². The Balaban J connectivity index is 2.44. The third-order valence-electron chi connectivity index (χ3n) is 6.92. The average molecular weight is 785 g/mol. The van der Waals surface area contributed by atoms with Gasteiger partial charge in [-0.15, -0.1) is 0 Å². The van der Waals surface area contributed by atoms with E-state index < -0.39 is 46.8 Å². The summed E-state index contributed by atoms with van der Waals surface area (Å²) in [5.74, 6) is -1.96. The van der Waals surface area contributed by atoms with Crippen LogP contribution in [0.1, 0.15) is 68.7 Å². The topological polar surface area (TPSA) is 135 Å². The van der Waals surface area contributed by atoms with Crippen molar-refractivity contribution in [3.63, 3.8) is 0 Å². The summed E-state index contributed by atoms with van der Waals surface area (Å²) in [6.07, 6.45) is 10.9. The second-order valence-electron chi connectivity index (χ2n) is 13.6. The van der Waals surface area contributed by atoms with E-state index in [0.717, 1.165) is 14.9 Å². The second kappa shape index (κ2) is 19.9. The van der Waals surface area contributed by atoms with Crippen molar-refractivity contribution >= 4 is 49.3 Å². The first-order valence-electron chi connectivity index (χ1n) is 16.8. The molecule has 0 radical (unpaired) electrons. The zero-order valence-corrected chi connectivity index (χ0v) is 33.5. The van der Waals surface area contributed by atoms with Crippen molar-refractivity contribution < 1.29 is 47.7 Å². The number of Topliss-reactive ketones (excluding diaryl/α,β-unsaturated/α-hetero) is 1. The summed E-state index contributed by atoms with van der Waals surface area (Å²) >= 11 is 0.0158. The zero-order chi connectivity index (χ0) is 39.1. The SMILES string of the molecule is C\C=C(/C=C(C)/C=C/C=C/C=C(\C)C(=O)C1=C[C@](CCOC(=O)OC(C)(C)C)(OCC[Se]c2ccccc2)N(C(=O)OC(C)(C)C)C1=O)C(=O)OC. The summed E-state index contributed by atoms with van der Waals surface area (Å²) in [5.41, 5.74) is -2.43. The molecular formula is C40H51NO10Se. The molecule has 2 amide bonds. The molecular weight excluding hydrogens is 733 g/mol. The van der Waals surface area contributed by atoms with Crippen LogP contribution in [-0.4, -0.2) is 87.0 Å². The van der Waals surface area contributed by atoms with Crippen molar-refractivity contribution in [1.82, 2.24) is 4.90 Å². The summed E-state index contributed by atoms with van der Waals surface area (Å²) < 4.78 is 28.4. The molecule has 0 fully saturated rings. The van der Waals surface area contributed by atoms with Gasteiger partial charge in [0.1, 0.15) is 0 Å². The third-order valence-corrected chi connectivity index (χ3v) is 8.97. The molecule has 0 saturated carbocycles. The van der Waals surface area contributed by atoms with E-state index in [1.165, 1.54) is 13.2 Å². The molecule has 0 aromatic heterocycles. The molecule has 1 aromatic rings. The fourth-order valence-corrected chi connectivity index (χ4v) is 6.18. The number of methoxy groups -OCH3 is 1. The second-order valence-corrected chi connectivity index (χ2v) is 16.1. The van der Waals surface area contributed by atoms with Gasteiger partial charge in [0.15, 0.2) is 0 Å². The van der Waals surface area contributed by atoms with Gasteiger partial charge in [0.2, 0.25) is 0 Å². The summed E-state index contributed by atoms with van der Waals surface area (Å²) in [6, 6.07) is 9.84. The monoisotopic (exact) mass is 785 g/mol. The van der Waals surface area contributed by atoms with Crippen LogP contribution in [0.2, 0.25) is 5.32 Å². The van der Waals surface area contributed by atoms with E-state index in [4.69, 9.17) is 23.7 Å². The Morgan fingerprint density at radius 1 is 0.904 bits per heavy atom. The molecule has 52 heavy (non-hydrogen) atoms. The molecule has 1 aromatic carbocycles. The summed E-state index contributed by atoms with van der Waals surface area (Å²) in [6.45, 7) is 15.0. The minimum absolute atomic E-state index is 0.0158. The quantitative estimate of drug-likeness (QED) is 0.0352. The van der Waals surface area contributed by atoms with Crippen LogP contribution in [0.15, 0.2) is 101 Å². The van der Waals surface area contributed by atoms with Crippen molar-refractivity contribution in [3.05, 3.63) is 101 Å². The molecule has 0 spiro atoms. The number of hydrogen-bond acceptors (Lipinski definition) is 10. The van der Waals surface area contributed by atoms with Gasteiger partial charge in [-0.3, -0.25) is 0 Å². The fraction of sp³-hybridized carbons (Fsp3) is 0.425.